The van der Waals surface area contributed by atoms with Crippen molar-refractivity contribution in [1.29, 1.82) is 0 Å². The van der Waals surface area contributed by atoms with E-state index in [0.29, 0.717) is 5.73 Å². The summed E-state index contributed by atoms with van der Waals surface area (Å²) in [6.07, 6.45) is 1.99. The standard InChI is InChI=1S/C18H42O3Si4/c1-12-17(23(6,7)16-15-22(5)19)20-25(10,11)18(4,13-2)21-24(8,9)14-3/h14,17H,3,12-13,15-16H2,1-2,4-11H3. The van der Waals surface area contributed by atoms with E-state index in [1.807, 2.05) is 12.2 Å². The van der Waals surface area contributed by atoms with Crippen molar-refractivity contribution in [2.45, 2.75) is 102 Å². The van der Waals surface area contributed by atoms with Gasteiger partial charge in [0, 0.05) is 5.73 Å². The van der Waals surface area contributed by atoms with Gasteiger partial charge in [-0.25, -0.2) is 0 Å². The lowest BCUT2D eigenvalue weighted by atomic mass is 10.3. The molecule has 0 aromatic heterocycles. The van der Waals surface area contributed by atoms with E-state index in [2.05, 4.69) is 66.6 Å². The van der Waals surface area contributed by atoms with Crippen LogP contribution < -0.4 is 0 Å². The highest BCUT2D eigenvalue weighted by Gasteiger charge is 2.50. The molecule has 2 unspecified atom stereocenters. The van der Waals surface area contributed by atoms with E-state index in [4.69, 9.17) is 8.85 Å². The molecule has 0 spiro atoms. The van der Waals surface area contributed by atoms with Crippen molar-refractivity contribution in [3.05, 3.63) is 12.3 Å². The molecule has 0 heterocycles. The largest absolute Gasteiger partial charge is 0.415 e. The molecule has 0 bridgehead atoms. The molecule has 0 saturated carbocycles. The first-order valence-corrected chi connectivity index (χ1v) is 21.0. The Morgan fingerprint density at radius 1 is 1.16 bits per heavy atom. The summed E-state index contributed by atoms with van der Waals surface area (Å²) in [7, 11) is -6.98. The topological polar surface area (TPSA) is 35.5 Å². The lowest BCUT2D eigenvalue weighted by molar-refractivity contribution is 0.109. The summed E-state index contributed by atoms with van der Waals surface area (Å²) < 4.78 is 25.2. The summed E-state index contributed by atoms with van der Waals surface area (Å²) >= 11 is 0. The van der Waals surface area contributed by atoms with Crippen molar-refractivity contribution >= 4 is 33.4 Å². The maximum absolute atomic E-state index is 11.6. The molecule has 0 saturated heterocycles. The molecule has 0 aliphatic heterocycles. The van der Waals surface area contributed by atoms with Gasteiger partial charge >= 0.3 is 0 Å². The van der Waals surface area contributed by atoms with Gasteiger partial charge in [-0.2, -0.15) is 0 Å². The van der Waals surface area contributed by atoms with Crippen LogP contribution >= 0.6 is 0 Å². The number of hydrogen-bond acceptors (Lipinski definition) is 3. The van der Waals surface area contributed by atoms with Gasteiger partial charge in [-0.05, 0) is 58.5 Å². The third kappa shape index (κ3) is 7.46. The Labute approximate surface area is 161 Å². The van der Waals surface area contributed by atoms with E-state index < -0.39 is 33.4 Å². The molecule has 3 nitrogen and oxygen atoms in total. The summed E-state index contributed by atoms with van der Waals surface area (Å²) in [6, 6.07) is 1.95. The molecular formula is C18H42O3Si4. The van der Waals surface area contributed by atoms with Gasteiger partial charge in [-0.1, -0.05) is 38.7 Å². The second-order valence-electron chi connectivity index (χ2n) is 9.21. The third-order valence-corrected chi connectivity index (χ3v) is 17.3. The first kappa shape index (κ1) is 25.3. The van der Waals surface area contributed by atoms with Crippen molar-refractivity contribution < 1.29 is 13.3 Å². The normalized spacial score (nSPS) is 17.0. The fraction of sp³-hybridized carbons (Fsp3) is 0.889. The molecule has 0 radical (unpaired) electrons. The Balaban J connectivity index is 5.45. The Hall–Kier alpha value is 0.328. The van der Waals surface area contributed by atoms with Crippen molar-refractivity contribution in [2.75, 3.05) is 0 Å². The minimum absolute atomic E-state index is 0.215. The molecule has 2 atom stereocenters. The van der Waals surface area contributed by atoms with Gasteiger partial charge in [0.1, 0.15) is 0 Å². The molecule has 0 aliphatic carbocycles. The number of rotatable bonds is 12. The van der Waals surface area contributed by atoms with Gasteiger partial charge in [-0.3, -0.25) is 0 Å². The summed E-state index contributed by atoms with van der Waals surface area (Å²) in [5, 5.41) is -0.215. The zero-order valence-electron chi connectivity index (χ0n) is 18.4. The average molecular weight is 419 g/mol. The van der Waals surface area contributed by atoms with Crippen LogP contribution in [-0.4, -0.2) is 44.3 Å². The minimum Gasteiger partial charge on any atom is -0.415 e. The summed E-state index contributed by atoms with van der Waals surface area (Å²) in [6.45, 7) is 26.3. The van der Waals surface area contributed by atoms with Crippen LogP contribution in [0.5, 0.6) is 0 Å². The van der Waals surface area contributed by atoms with Gasteiger partial charge in [0.2, 0.25) is 16.6 Å². The molecule has 7 heteroatoms. The van der Waals surface area contributed by atoms with Crippen molar-refractivity contribution in [3.63, 3.8) is 0 Å². The second kappa shape index (κ2) is 9.50. The van der Waals surface area contributed by atoms with E-state index in [0.717, 1.165) is 24.9 Å². The van der Waals surface area contributed by atoms with Gasteiger partial charge in [-0.15, -0.1) is 6.58 Å². The Morgan fingerprint density at radius 2 is 1.68 bits per heavy atom. The first-order chi connectivity index (χ1) is 11.2. The van der Waals surface area contributed by atoms with Crippen molar-refractivity contribution in [3.8, 4) is 0 Å². The molecule has 0 N–H and O–H groups in total. The molecule has 0 rings (SSSR count). The first-order valence-electron chi connectivity index (χ1n) is 9.67. The number of hydrogen-bond donors (Lipinski definition) is 0. The van der Waals surface area contributed by atoms with Crippen molar-refractivity contribution in [1.82, 2.24) is 0 Å². The lowest BCUT2D eigenvalue weighted by Crippen LogP contribution is -2.63. The van der Waals surface area contributed by atoms with Gasteiger partial charge < -0.3 is 13.3 Å². The van der Waals surface area contributed by atoms with E-state index in [1.54, 1.807) is 0 Å². The predicted molar refractivity (Wildman–Crippen MR) is 120 cm³/mol. The fourth-order valence-electron chi connectivity index (χ4n) is 3.18. The highest BCUT2D eigenvalue weighted by atomic mass is 28.4. The van der Waals surface area contributed by atoms with Crippen LogP contribution in [0, 0.1) is 0 Å². The van der Waals surface area contributed by atoms with Gasteiger partial charge in [0.05, 0.1) is 13.3 Å². The molecule has 0 aromatic rings. The van der Waals surface area contributed by atoms with Gasteiger partial charge in [0.25, 0.3) is 8.68 Å². The van der Waals surface area contributed by atoms with Crippen LogP contribution in [-0.2, 0) is 13.3 Å². The second-order valence-corrected chi connectivity index (χ2v) is 24.4. The minimum atomic E-state index is -2.10. The summed E-state index contributed by atoms with van der Waals surface area (Å²) in [5.74, 6) is 0. The van der Waals surface area contributed by atoms with E-state index in [-0.39, 0.29) is 5.22 Å². The zero-order chi connectivity index (χ0) is 20.1. The van der Waals surface area contributed by atoms with Crippen LogP contribution in [0.25, 0.3) is 0 Å². The Kier molecular flexibility index (Phi) is 9.63. The summed E-state index contributed by atoms with van der Waals surface area (Å²) in [4.78, 5) is 0. The molecule has 0 fully saturated rings. The van der Waals surface area contributed by atoms with Crippen LogP contribution in [0.15, 0.2) is 12.3 Å². The molecular weight excluding hydrogens is 377 g/mol. The maximum Gasteiger partial charge on any atom is 0.273 e. The smallest absolute Gasteiger partial charge is 0.273 e. The van der Waals surface area contributed by atoms with Crippen LogP contribution in [0.4, 0.5) is 0 Å². The van der Waals surface area contributed by atoms with Crippen molar-refractivity contribution in [2.24, 2.45) is 0 Å². The van der Waals surface area contributed by atoms with E-state index in [9.17, 15) is 4.46 Å². The maximum atomic E-state index is 11.6. The monoisotopic (exact) mass is 418 g/mol. The van der Waals surface area contributed by atoms with Gasteiger partial charge in [0.15, 0.2) is 0 Å². The quantitative estimate of drug-likeness (QED) is 0.368. The summed E-state index contributed by atoms with van der Waals surface area (Å²) in [5.41, 5.74) is 2.32. The van der Waals surface area contributed by atoms with Crippen LogP contribution in [0.3, 0.4) is 0 Å². The fourth-order valence-corrected chi connectivity index (χ4v) is 15.9. The van der Waals surface area contributed by atoms with E-state index >= 15 is 0 Å². The average Bonchev–Trinajstić information content (AvgIpc) is 2.49. The molecule has 0 amide bonds. The third-order valence-electron chi connectivity index (χ3n) is 5.73. The highest BCUT2D eigenvalue weighted by molar-refractivity contribution is 6.82. The molecule has 0 aliphatic rings. The molecule has 0 aromatic carbocycles. The SMILES string of the molecule is C=C[Si](C)(C)OC(C)(CC)[Si](C)(C)OC(CC)[Si](C)(C)CC[Si](C)=O. The van der Waals surface area contributed by atoms with Crippen LogP contribution in [0.1, 0.15) is 33.6 Å². The Morgan fingerprint density at radius 3 is 2.04 bits per heavy atom. The molecule has 148 valence electrons. The lowest BCUT2D eigenvalue weighted by Gasteiger charge is -2.48. The van der Waals surface area contributed by atoms with E-state index in [1.165, 1.54) is 0 Å². The highest BCUT2D eigenvalue weighted by Crippen LogP contribution is 2.36. The molecule has 25 heavy (non-hydrogen) atoms. The zero-order valence-corrected chi connectivity index (χ0v) is 22.4. The Bertz CT molecular complexity index is 463. The predicted octanol–water partition coefficient (Wildman–Crippen LogP) is 5.94. The van der Waals surface area contributed by atoms with Crippen LogP contribution in [0.2, 0.25) is 57.9 Å².